The molecule has 0 unspecified atom stereocenters. The third-order valence-corrected chi connectivity index (χ3v) is 7.64. The van der Waals surface area contributed by atoms with Crippen molar-refractivity contribution < 1.29 is 4.74 Å². The van der Waals surface area contributed by atoms with Gasteiger partial charge in [0, 0.05) is 25.0 Å². The van der Waals surface area contributed by atoms with Crippen molar-refractivity contribution >= 4 is 46.7 Å². The zero-order valence-electron chi connectivity index (χ0n) is 16.3. The number of ether oxygens (including phenoxy) is 1. The first-order valence-corrected chi connectivity index (χ1v) is 11.1. The summed E-state index contributed by atoms with van der Waals surface area (Å²) < 4.78 is 7.39. The molecule has 2 saturated heterocycles. The maximum atomic E-state index is 12.9. The van der Waals surface area contributed by atoms with Gasteiger partial charge in [-0.1, -0.05) is 35.0 Å². The van der Waals surface area contributed by atoms with Crippen molar-refractivity contribution in [3.05, 3.63) is 32.8 Å². The largest absolute Gasteiger partial charge is 0.384 e. The van der Waals surface area contributed by atoms with Crippen molar-refractivity contribution in [1.82, 2.24) is 14.5 Å². The maximum Gasteiger partial charge on any atom is 0.268 e. The molecular formula is C19H23Cl2N5O2S. The van der Waals surface area contributed by atoms with Crippen molar-refractivity contribution in [3.8, 4) is 0 Å². The first-order chi connectivity index (χ1) is 13.8. The second kappa shape index (κ2) is 7.98. The number of pyridine rings is 1. The SMILES string of the molecule is C[C@H]1CC2(CCN(c3ncc(Sc4cc(N)nc(Cl)c4Cl)c(=O)n3C)CC2)CO1. The van der Waals surface area contributed by atoms with Crippen LogP contribution < -0.4 is 16.2 Å². The molecule has 2 aromatic heterocycles. The molecule has 2 aliphatic heterocycles. The average Bonchev–Trinajstić information content (AvgIpc) is 3.04. The topological polar surface area (TPSA) is 86.3 Å². The number of aromatic nitrogens is 3. The van der Waals surface area contributed by atoms with Crippen molar-refractivity contribution in [3.63, 3.8) is 0 Å². The van der Waals surface area contributed by atoms with Gasteiger partial charge in [0.05, 0.1) is 28.8 Å². The van der Waals surface area contributed by atoms with E-state index in [-0.39, 0.29) is 27.0 Å². The molecule has 2 aromatic rings. The Morgan fingerprint density at radius 2 is 2.03 bits per heavy atom. The van der Waals surface area contributed by atoms with Crippen molar-refractivity contribution in [2.24, 2.45) is 12.5 Å². The first kappa shape index (κ1) is 20.8. The van der Waals surface area contributed by atoms with Gasteiger partial charge in [-0.05, 0) is 37.7 Å². The summed E-state index contributed by atoms with van der Waals surface area (Å²) >= 11 is 13.4. The summed E-state index contributed by atoms with van der Waals surface area (Å²) in [6.07, 6.45) is 5.14. The molecule has 1 spiro atoms. The molecule has 10 heteroatoms. The summed E-state index contributed by atoms with van der Waals surface area (Å²) in [6, 6.07) is 1.60. The van der Waals surface area contributed by atoms with Gasteiger partial charge < -0.3 is 15.4 Å². The van der Waals surface area contributed by atoms with Crippen LogP contribution in [-0.2, 0) is 11.8 Å². The lowest BCUT2D eigenvalue weighted by molar-refractivity contribution is 0.0974. The summed E-state index contributed by atoms with van der Waals surface area (Å²) in [6.45, 7) is 4.71. The zero-order chi connectivity index (χ0) is 20.8. The Morgan fingerprint density at radius 3 is 2.69 bits per heavy atom. The third kappa shape index (κ3) is 4.08. The number of anilines is 2. The fourth-order valence-corrected chi connectivity index (χ4v) is 5.54. The monoisotopic (exact) mass is 455 g/mol. The lowest BCUT2D eigenvalue weighted by Crippen LogP contribution is -2.43. The van der Waals surface area contributed by atoms with Gasteiger partial charge in [0.2, 0.25) is 5.95 Å². The predicted molar refractivity (Wildman–Crippen MR) is 116 cm³/mol. The molecule has 2 aliphatic rings. The van der Waals surface area contributed by atoms with Gasteiger partial charge in [-0.25, -0.2) is 9.97 Å². The fourth-order valence-electron chi connectivity index (χ4n) is 4.14. The highest BCUT2D eigenvalue weighted by molar-refractivity contribution is 7.99. The molecule has 1 atom stereocenters. The second-order valence-corrected chi connectivity index (χ2v) is 9.67. The Hall–Kier alpha value is -1.48. The molecule has 4 rings (SSSR count). The van der Waals surface area contributed by atoms with Crippen molar-refractivity contribution in [2.75, 3.05) is 30.3 Å². The Kier molecular flexibility index (Phi) is 5.72. The predicted octanol–water partition coefficient (Wildman–Crippen LogP) is 3.61. The molecule has 7 nitrogen and oxygen atoms in total. The minimum atomic E-state index is -0.138. The number of halogens is 2. The van der Waals surface area contributed by atoms with Crippen LogP contribution in [0, 0.1) is 5.41 Å². The van der Waals surface area contributed by atoms with E-state index in [1.54, 1.807) is 23.9 Å². The summed E-state index contributed by atoms with van der Waals surface area (Å²) in [4.78, 5) is 24.6. The van der Waals surface area contributed by atoms with Crippen molar-refractivity contribution in [2.45, 2.75) is 42.1 Å². The molecule has 29 heavy (non-hydrogen) atoms. The standard InChI is InChI=1S/C19H23Cl2N5O2S/c1-11-8-19(10-28-11)3-5-26(6-4-19)18-23-9-13(17(27)25(18)2)29-12-7-14(22)24-16(21)15(12)20/h7,9,11H,3-6,8,10H2,1-2H3,(H2,22,24)/t11-/m0/s1. The van der Waals surface area contributed by atoms with E-state index in [1.165, 1.54) is 11.8 Å². The first-order valence-electron chi connectivity index (χ1n) is 9.50. The molecule has 0 radical (unpaired) electrons. The molecule has 2 N–H and O–H groups in total. The quantitative estimate of drug-likeness (QED) is 0.707. The fraction of sp³-hybridized carbons (Fsp3) is 0.526. The molecule has 0 saturated carbocycles. The van der Waals surface area contributed by atoms with E-state index in [9.17, 15) is 4.79 Å². The summed E-state index contributed by atoms with van der Waals surface area (Å²) in [5.74, 6) is 0.926. The van der Waals surface area contributed by atoms with Crippen LogP contribution in [0.5, 0.6) is 0 Å². The van der Waals surface area contributed by atoms with E-state index >= 15 is 0 Å². The van der Waals surface area contributed by atoms with Crippen LogP contribution in [0.3, 0.4) is 0 Å². The molecule has 0 amide bonds. The van der Waals surface area contributed by atoms with E-state index in [2.05, 4.69) is 21.8 Å². The molecule has 0 bridgehead atoms. The molecule has 0 aliphatic carbocycles. The average molecular weight is 456 g/mol. The third-order valence-electron chi connectivity index (χ3n) is 5.74. The molecule has 4 heterocycles. The smallest absolute Gasteiger partial charge is 0.268 e. The van der Waals surface area contributed by atoms with Gasteiger partial charge in [-0.15, -0.1) is 0 Å². The minimum Gasteiger partial charge on any atom is -0.384 e. The Morgan fingerprint density at radius 1 is 1.31 bits per heavy atom. The molecule has 2 fully saturated rings. The van der Waals surface area contributed by atoms with Crippen LogP contribution in [-0.4, -0.2) is 40.3 Å². The Labute approximate surface area is 183 Å². The highest BCUT2D eigenvalue weighted by atomic mass is 35.5. The van der Waals surface area contributed by atoms with Gasteiger partial charge in [0.1, 0.15) is 5.82 Å². The van der Waals surface area contributed by atoms with Crippen LogP contribution in [0.15, 0.2) is 26.8 Å². The number of nitrogens with zero attached hydrogens (tertiary/aromatic N) is 4. The van der Waals surface area contributed by atoms with Crippen LogP contribution in [0.25, 0.3) is 0 Å². The molecule has 0 aromatic carbocycles. The highest BCUT2D eigenvalue weighted by Crippen LogP contribution is 2.42. The Balaban J connectivity index is 1.53. The van der Waals surface area contributed by atoms with E-state index < -0.39 is 0 Å². The normalized spacial score (nSPS) is 21.1. The van der Waals surface area contributed by atoms with Gasteiger partial charge in [-0.3, -0.25) is 9.36 Å². The maximum absolute atomic E-state index is 12.9. The molecular weight excluding hydrogens is 433 g/mol. The zero-order valence-corrected chi connectivity index (χ0v) is 18.6. The number of hydrogen-bond acceptors (Lipinski definition) is 7. The van der Waals surface area contributed by atoms with E-state index in [4.69, 9.17) is 33.7 Å². The van der Waals surface area contributed by atoms with Crippen LogP contribution >= 0.6 is 35.0 Å². The number of nitrogen functional groups attached to an aromatic ring is 1. The van der Waals surface area contributed by atoms with Crippen LogP contribution in [0.1, 0.15) is 26.2 Å². The van der Waals surface area contributed by atoms with Crippen LogP contribution in [0.4, 0.5) is 11.8 Å². The lowest BCUT2D eigenvalue weighted by Gasteiger charge is -2.39. The van der Waals surface area contributed by atoms with E-state index in [0.29, 0.717) is 21.8 Å². The minimum absolute atomic E-state index is 0.114. The number of piperidine rings is 1. The second-order valence-electron chi connectivity index (χ2n) is 7.85. The van der Waals surface area contributed by atoms with Crippen LogP contribution in [0.2, 0.25) is 10.2 Å². The van der Waals surface area contributed by atoms with Gasteiger partial charge in [-0.2, -0.15) is 0 Å². The van der Waals surface area contributed by atoms with E-state index in [0.717, 1.165) is 39.0 Å². The summed E-state index contributed by atoms with van der Waals surface area (Å²) in [5, 5.41) is 0.384. The van der Waals surface area contributed by atoms with Gasteiger partial charge in [0.25, 0.3) is 5.56 Å². The Bertz CT molecular complexity index is 991. The van der Waals surface area contributed by atoms with Gasteiger partial charge in [0.15, 0.2) is 5.15 Å². The highest BCUT2D eigenvalue weighted by Gasteiger charge is 2.41. The lowest BCUT2D eigenvalue weighted by atomic mass is 9.77. The summed E-state index contributed by atoms with van der Waals surface area (Å²) in [7, 11) is 1.75. The van der Waals surface area contributed by atoms with E-state index in [1.807, 2.05) is 0 Å². The molecule has 156 valence electrons. The van der Waals surface area contributed by atoms with Gasteiger partial charge >= 0.3 is 0 Å². The summed E-state index contributed by atoms with van der Waals surface area (Å²) in [5.41, 5.74) is 5.89. The number of hydrogen-bond donors (Lipinski definition) is 1. The number of rotatable bonds is 3. The van der Waals surface area contributed by atoms with Crippen molar-refractivity contribution in [1.29, 1.82) is 0 Å². The number of nitrogens with two attached hydrogens (primary N) is 1.